The molecule has 0 heterocycles. The standard InChI is InChI=1S/C9H20O4.4C4H6O2/c1-7(11)5-12-9(3)6-13-8(2)4-10;4*1-3(2)4(5)6/h7-11H,4-6H2,1-3H3;4*1H2,2H3,(H,5,6). The molecule has 216 valence electrons. The number of aliphatic carboxylic acids is 4. The molecule has 0 aromatic carbocycles. The summed E-state index contributed by atoms with van der Waals surface area (Å²) >= 11 is 0. The Morgan fingerprint density at radius 2 is 0.811 bits per heavy atom. The van der Waals surface area contributed by atoms with Crippen molar-refractivity contribution in [3.8, 4) is 0 Å². The van der Waals surface area contributed by atoms with Crippen molar-refractivity contribution in [1.82, 2.24) is 0 Å². The Morgan fingerprint density at radius 3 is 0.973 bits per heavy atom. The van der Waals surface area contributed by atoms with Crippen LogP contribution in [-0.4, -0.2) is 92.6 Å². The molecule has 0 aromatic heterocycles. The van der Waals surface area contributed by atoms with Gasteiger partial charge in [0.25, 0.3) is 0 Å². The number of hydrogen-bond donors (Lipinski definition) is 6. The molecule has 12 nitrogen and oxygen atoms in total. The lowest BCUT2D eigenvalue weighted by Gasteiger charge is -2.16. The van der Waals surface area contributed by atoms with E-state index in [4.69, 9.17) is 40.1 Å². The number of carboxylic acid groups (broad SMARTS) is 4. The highest BCUT2D eigenvalue weighted by molar-refractivity contribution is 5.85. The van der Waals surface area contributed by atoms with Crippen molar-refractivity contribution in [3.05, 3.63) is 48.6 Å². The highest BCUT2D eigenvalue weighted by Gasteiger charge is 2.07. The highest BCUT2D eigenvalue weighted by atomic mass is 16.5. The lowest BCUT2D eigenvalue weighted by atomic mass is 10.4. The van der Waals surface area contributed by atoms with Crippen LogP contribution in [0.2, 0.25) is 0 Å². The van der Waals surface area contributed by atoms with Gasteiger partial charge in [-0.2, -0.15) is 0 Å². The predicted octanol–water partition coefficient (Wildman–Crippen LogP) is 2.76. The smallest absolute Gasteiger partial charge is 0.330 e. The topological polar surface area (TPSA) is 208 Å². The molecule has 12 heteroatoms. The lowest BCUT2D eigenvalue weighted by Crippen LogP contribution is -2.24. The van der Waals surface area contributed by atoms with E-state index in [2.05, 4.69) is 26.3 Å². The number of carboxylic acids is 4. The van der Waals surface area contributed by atoms with Crippen molar-refractivity contribution in [1.29, 1.82) is 0 Å². The number of rotatable bonds is 11. The van der Waals surface area contributed by atoms with E-state index in [1.165, 1.54) is 27.7 Å². The number of ether oxygens (including phenoxy) is 2. The van der Waals surface area contributed by atoms with Gasteiger partial charge in [0.1, 0.15) is 0 Å². The van der Waals surface area contributed by atoms with Gasteiger partial charge in [-0.05, 0) is 48.5 Å². The van der Waals surface area contributed by atoms with Crippen molar-refractivity contribution in [2.75, 3.05) is 19.8 Å². The van der Waals surface area contributed by atoms with Gasteiger partial charge in [-0.3, -0.25) is 0 Å². The molecular weight excluding hydrogens is 492 g/mol. The number of aliphatic hydroxyl groups is 2. The molecule has 0 aromatic rings. The molecule has 0 saturated carbocycles. The average molecular weight is 537 g/mol. The Morgan fingerprint density at radius 1 is 0.595 bits per heavy atom. The van der Waals surface area contributed by atoms with Gasteiger partial charge in [0.2, 0.25) is 0 Å². The summed E-state index contributed by atoms with van der Waals surface area (Å²) in [7, 11) is 0. The van der Waals surface area contributed by atoms with Gasteiger partial charge in [-0.1, -0.05) is 26.3 Å². The fourth-order valence-electron chi connectivity index (χ4n) is 0.704. The summed E-state index contributed by atoms with van der Waals surface area (Å²) in [6.45, 7) is 24.5. The van der Waals surface area contributed by atoms with Crippen LogP contribution in [0.3, 0.4) is 0 Å². The molecule has 0 rings (SSSR count). The van der Waals surface area contributed by atoms with Crippen molar-refractivity contribution >= 4 is 23.9 Å². The predicted molar refractivity (Wildman–Crippen MR) is 139 cm³/mol. The largest absolute Gasteiger partial charge is 0.478 e. The second-order valence-electron chi connectivity index (χ2n) is 7.66. The summed E-state index contributed by atoms with van der Waals surface area (Å²) in [4.78, 5) is 38.4. The van der Waals surface area contributed by atoms with Gasteiger partial charge in [-0.15, -0.1) is 0 Å². The summed E-state index contributed by atoms with van der Waals surface area (Å²) in [5, 5.41) is 49.1. The van der Waals surface area contributed by atoms with Gasteiger partial charge in [0, 0.05) is 22.3 Å². The Labute approximate surface area is 218 Å². The Balaban J connectivity index is -0.000000122. The van der Waals surface area contributed by atoms with Crippen LogP contribution in [0.15, 0.2) is 48.6 Å². The minimum Gasteiger partial charge on any atom is -0.478 e. The first-order chi connectivity index (χ1) is 16.6. The van der Waals surface area contributed by atoms with E-state index < -0.39 is 30.0 Å². The van der Waals surface area contributed by atoms with Crippen LogP contribution in [0.5, 0.6) is 0 Å². The summed E-state index contributed by atoms with van der Waals surface area (Å²) in [5.74, 6) is -3.74. The molecule has 0 aliphatic rings. The third-order valence-corrected chi connectivity index (χ3v) is 2.95. The molecule has 0 saturated heterocycles. The van der Waals surface area contributed by atoms with Gasteiger partial charge >= 0.3 is 23.9 Å². The monoisotopic (exact) mass is 536 g/mol. The first kappa shape index (κ1) is 43.7. The van der Waals surface area contributed by atoms with Crippen molar-refractivity contribution in [3.63, 3.8) is 0 Å². The fourth-order valence-corrected chi connectivity index (χ4v) is 0.704. The van der Waals surface area contributed by atoms with Crippen LogP contribution in [0.1, 0.15) is 48.5 Å². The summed E-state index contributed by atoms with van der Waals surface area (Å²) < 4.78 is 10.5. The molecule has 6 N–H and O–H groups in total. The summed E-state index contributed by atoms with van der Waals surface area (Å²) in [6.07, 6.45) is -0.654. The highest BCUT2D eigenvalue weighted by Crippen LogP contribution is 1.97. The van der Waals surface area contributed by atoms with E-state index in [0.717, 1.165) is 0 Å². The zero-order chi connectivity index (χ0) is 30.9. The van der Waals surface area contributed by atoms with Crippen LogP contribution < -0.4 is 0 Å². The maximum atomic E-state index is 9.60. The van der Waals surface area contributed by atoms with Crippen molar-refractivity contribution in [2.24, 2.45) is 0 Å². The lowest BCUT2D eigenvalue weighted by molar-refractivity contribution is -0.133. The molecule has 0 spiro atoms. The zero-order valence-electron chi connectivity index (χ0n) is 22.8. The second-order valence-corrected chi connectivity index (χ2v) is 7.66. The minimum atomic E-state index is -0.935. The second kappa shape index (κ2) is 27.3. The first-order valence-corrected chi connectivity index (χ1v) is 10.7. The van der Waals surface area contributed by atoms with Crippen LogP contribution in [-0.2, 0) is 28.7 Å². The van der Waals surface area contributed by atoms with Crippen molar-refractivity contribution < 1.29 is 59.3 Å². The van der Waals surface area contributed by atoms with E-state index in [1.807, 2.05) is 6.92 Å². The Kier molecular flexibility index (Phi) is 32.2. The Hall–Kier alpha value is -3.32. The van der Waals surface area contributed by atoms with Crippen LogP contribution in [0.25, 0.3) is 0 Å². The van der Waals surface area contributed by atoms with Crippen LogP contribution in [0, 0.1) is 0 Å². The third kappa shape index (κ3) is 50.5. The van der Waals surface area contributed by atoms with Gasteiger partial charge in [-0.25, -0.2) is 19.2 Å². The zero-order valence-corrected chi connectivity index (χ0v) is 22.8. The molecule has 0 radical (unpaired) electrons. The molecule has 0 fully saturated rings. The summed E-state index contributed by atoms with van der Waals surface area (Å²) in [5.41, 5.74) is 0.704. The van der Waals surface area contributed by atoms with E-state index in [0.29, 0.717) is 13.2 Å². The molecule has 3 unspecified atom stereocenters. The fraction of sp³-hybridized carbons (Fsp3) is 0.520. The maximum Gasteiger partial charge on any atom is 0.330 e. The van der Waals surface area contributed by atoms with E-state index in [-0.39, 0.29) is 41.1 Å². The third-order valence-electron chi connectivity index (χ3n) is 2.95. The summed E-state index contributed by atoms with van der Waals surface area (Å²) in [6, 6.07) is 0. The molecule has 0 aliphatic heterocycles. The van der Waals surface area contributed by atoms with Crippen LogP contribution in [0.4, 0.5) is 0 Å². The molecule has 0 bridgehead atoms. The van der Waals surface area contributed by atoms with Gasteiger partial charge in [0.15, 0.2) is 0 Å². The molecule has 3 atom stereocenters. The normalized spacial score (nSPS) is 11.3. The Bertz CT molecular complexity index is 594. The molecule has 0 amide bonds. The molecule has 0 aliphatic carbocycles. The maximum absolute atomic E-state index is 9.60. The average Bonchev–Trinajstić information content (AvgIpc) is 2.77. The number of carbonyl (C=O) groups is 4. The number of hydrogen-bond acceptors (Lipinski definition) is 8. The number of aliphatic hydroxyl groups excluding tert-OH is 2. The molecule has 37 heavy (non-hydrogen) atoms. The quantitative estimate of drug-likeness (QED) is 0.211. The van der Waals surface area contributed by atoms with Gasteiger partial charge in [0.05, 0.1) is 38.1 Å². The SMILES string of the molecule is C=C(C)C(=O)O.C=C(C)C(=O)O.C=C(C)C(=O)O.C=C(C)C(=O)O.CC(O)COC(C)COC(C)CO. The first-order valence-electron chi connectivity index (χ1n) is 10.7. The van der Waals surface area contributed by atoms with Crippen molar-refractivity contribution in [2.45, 2.75) is 66.8 Å². The molecular formula is C25H44O12. The minimum absolute atomic E-state index is 0.0170. The van der Waals surface area contributed by atoms with Gasteiger partial charge < -0.3 is 40.1 Å². The van der Waals surface area contributed by atoms with E-state index in [1.54, 1.807) is 13.8 Å². The van der Waals surface area contributed by atoms with Crippen LogP contribution >= 0.6 is 0 Å². The van der Waals surface area contributed by atoms with E-state index >= 15 is 0 Å². The van der Waals surface area contributed by atoms with E-state index in [9.17, 15) is 19.2 Å².